The van der Waals surface area contributed by atoms with E-state index in [1.54, 1.807) is 12.5 Å². The predicted octanol–water partition coefficient (Wildman–Crippen LogP) is 4.09. The number of ether oxygens (including phenoxy) is 3. The molecule has 1 aromatic heterocycles. The first-order valence-electron chi connectivity index (χ1n) is 7.38. The van der Waals surface area contributed by atoms with Gasteiger partial charge in [-0.1, -0.05) is 6.08 Å². The van der Waals surface area contributed by atoms with Gasteiger partial charge in [0.25, 0.3) is 0 Å². The van der Waals surface area contributed by atoms with Crippen LogP contribution in [0.3, 0.4) is 0 Å². The van der Waals surface area contributed by atoms with Crippen LogP contribution < -0.4 is 0 Å². The van der Waals surface area contributed by atoms with Crippen molar-refractivity contribution < 1.29 is 18.6 Å². The highest BCUT2D eigenvalue weighted by Gasteiger charge is 2.32. The molecule has 1 aromatic rings. The first-order valence-corrected chi connectivity index (χ1v) is 7.38. The van der Waals surface area contributed by atoms with Gasteiger partial charge in [0, 0.05) is 26.1 Å². The van der Waals surface area contributed by atoms with Crippen LogP contribution in [0.25, 0.3) is 0 Å². The predicted molar refractivity (Wildman–Crippen MR) is 82.9 cm³/mol. The third kappa shape index (κ3) is 6.65. The first-order chi connectivity index (χ1) is 10.3. The molecule has 0 radical (unpaired) electrons. The zero-order valence-electron chi connectivity index (χ0n) is 13.0. The normalized spacial score (nSPS) is 19.7. The third-order valence-electron chi connectivity index (χ3n) is 3.02. The van der Waals surface area contributed by atoms with Crippen molar-refractivity contribution >= 4 is 0 Å². The summed E-state index contributed by atoms with van der Waals surface area (Å²) in [5.74, 6) is 0.833. The van der Waals surface area contributed by atoms with Gasteiger partial charge in [0.15, 0.2) is 0 Å². The highest BCUT2D eigenvalue weighted by molar-refractivity contribution is 5.02. The smallest absolute Gasteiger partial charge is 0.138 e. The van der Waals surface area contributed by atoms with Gasteiger partial charge in [-0.2, -0.15) is 0 Å². The van der Waals surface area contributed by atoms with Gasteiger partial charge in [-0.05, 0) is 32.1 Å². The summed E-state index contributed by atoms with van der Waals surface area (Å²) in [6.07, 6.45) is 8.92. The van der Waals surface area contributed by atoms with E-state index >= 15 is 0 Å². The molecule has 1 aliphatic heterocycles. The van der Waals surface area contributed by atoms with E-state index in [2.05, 4.69) is 6.58 Å². The Labute approximate surface area is 127 Å². The summed E-state index contributed by atoms with van der Waals surface area (Å²) in [6, 6.07) is 3.75. The zero-order valence-corrected chi connectivity index (χ0v) is 13.0. The lowest BCUT2D eigenvalue weighted by Crippen LogP contribution is -2.33. The van der Waals surface area contributed by atoms with Crippen LogP contribution in [-0.4, -0.2) is 25.4 Å². The van der Waals surface area contributed by atoms with Gasteiger partial charge < -0.3 is 18.6 Å². The van der Waals surface area contributed by atoms with Crippen molar-refractivity contribution in [3.05, 3.63) is 49.1 Å². The van der Waals surface area contributed by atoms with Crippen molar-refractivity contribution in [1.29, 1.82) is 0 Å². The quantitative estimate of drug-likeness (QED) is 0.677. The Morgan fingerprint density at radius 1 is 1.33 bits per heavy atom. The minimum Gasteiger partial charge on any atom is -0.492 e. The monoisotopic (exact) mass is 294 g/mol. The Morgan fingerprint density at radius 3 is 2.62 bits per heavy atom. The molecular formula is C17H26O4. The molecule has 4 nitrogen and oxygen atoms in total. The second kappa shape index (κ2) is 10.2. The Bertz CT molecular complexity index is 385. The fourth-order valence-electron chi connectivity index (χ4n) is 1.99. The highest BCUT2D eigenvalue weighted by atomic mass is 16.5. The maximum absolute atomic E-state index is 5.61. The molecular weight excluding hydrogens is 268 g/mol. The van der Waals surface area contributed by atoms with Crippen molar-refractivity contribution in [3.8, 4) is 0 Å². The lowest BCUT2D eigenvalue weighted by atomic mass is 9.98. The Hall–Kier alpha value is -1.52. The fourth-order valence-corrected chi connectivity index (χ4v) is 1.99. The molecule has 0 spiro atoms. The molecule has 0 amide bonds. The van der Waals surface area contributed by atoms with Gasteiger partial charge in [-0.25, -0.2) is 0 Å². The maximum Gasteiger partial charge on any atom is 0.138 e. The average molecular weight is 294 g/mol. The summed E-state index contributed by atoms with van der Waals surface area (Å²) in [6.45, 7) is 10.4. The van der Waals surface area contributed by atoms with Crippen molar-refractivity contribution in [2.75, 3.05) is 19.8 Å². The van der Waals surface area contributed by atoms with Crippen molar-refractivity contribution in [1.82, 2.24) is 0 Å². The van der Waals surface area contributed by atoms with E-state index in [-0.39, 0.29) is 5.60 Å². The minimum atomic E-state index is -0.256. The molecule has 0 aliphatic carbocycles. The summed E-state index contributed by atoms with van der Waals surface area (Å²) in [5, 5.41) is 0. The molecule has 2 heterocycles. The van der Waals surface area contributed by atoms with Crippen LogP contribution >= 0.6 is 0 Å². The van der Waals surface area contributed by atoms with Crippen LogP contribution in [0, 0.1) is 0 Å². The lowest BCUT2D eigenvalue weighted by Gasteiger charge is -2.26. The van der Waals surface area contributed by atoms with Crippen molar-refractivity contribution in [2.24, 2.45) is 0 Å². The largest absolute Gasteiger partial charge is 0.492 e. The topological polar surface area (TPSA) is 40.8 Å². The molecule has 0 bridgehead atoms. The number of rotatable bonds is 8. The molecule has 4 heteroatoms. The van der Waals surface area contributed by atoms with Crippen LogP contribution in [-0.2, 0) is 20.8 Å². The second-order valence-corrected chi connectivity index (χ2v) is 4.72. The summed E-state index contributed by atoms with van der Waals surface area (Å²) < 4.78 is 21.2. The molecule has 1 unspecified atom stereocenters. The van der Waals surface area contributed by atoms with Gasteiger partial charge in [0.2, 0.25) is 0 Å². The van der Waals surface area contributed by atoms with Crippen molar-refractivity contribution in [2.45, 2.75) is 38.9 Å². The molecule has 2 rings (SSSR count). The van der Waals surface area contributed by atoms with Gasteiger partial charge >= 0.3 is 0 Å². The van der Waals surface area contributed by atoms with Crippen LogP contribution in [0.4, 0.5) is 0 Å². The first kappa shape index (κ1) is 17.5. The zero-order chi connectivity index (χ0) is 15.4. The molecule has 0 N–H and O–H groups in total. The Kier molecular flexibility index (Phi) is 8.55. The van der Waals surface area contributed by atoms with E-state index in [0.29, 0.717) is 13.2 Å². The Balaban J connectivity index is 0.000000383. The molecule has 1 atom stereocenters. The third-order valence-corrected chi connectivity index (χ3v) is 3.02. The molecule has 118 valence electrons. The van der Waals surface area contributed by atoms with Crippen LogP contribution in [0.5, 0.6) is 0 Å². The highest BCUT2D eigenvalue weighted by Crippen LogP contribution is 2.28. The number of furan rings is 1. The minimum absolute atomic E-state index is 0.256. The fraction of sp³-hybridized carbons (Fsp3) is 0.529. The summed E-state index contributed by atoms with van der Waals surface area (Å²) >= 11 is 0. The van der Waals surface area contributed by atoms with Crippen LogP contribution in [0.1, 0.15) is 32.4 Å². The van der Waals surface area contributed by atoms with Crippen LogP contribution in [0.2, 0.25) is 0 Å². The molecule has 0 saturated heterocycles. The summed E-state index contributed by atoms with van der Waals surface area (Å²) in [5.41, 5.74) is -0.256. The molecule has 1 aliphatic rings. The van der Waals surface area contributed by atoms with Gasteiger partial charge in [0.05, 0.1) is 19.1 Å². The SMILES string of the molecule is C=CCC1(COCc2ccco2)CC=CO1.CCOCC. The summed E-state index contributed by atoms with van der Waals surface area (Å²) in [7, 11) is 0. The maximum atomic E-state index is 5.61. The molecule has 0 saturated carbocycles. The summed E-state index contributed by atoms with van der Waals surface area (Å²) in [4.78, 5) is 0. The van der Waals surface area contributed by atoms with Crippen molar-refractivity contribution in [3.63, 3.8) is 0 Å². The van der Waals surface area contributed by atoms with Gasteiger partial charge in [0.1, 0.15) is 18.0 Å². The standard InChI is InChI=1S/C13H16O3.C4H10O/c1-2-6-13(7-4-9-16-13)11-14-10-12-5-3-8-15-12;1-3-5-4-2/h2-5,8-9H,1,6-7,10-11H2;3-4H2,1-2H3. The molecule has 21 heavy (non-hydrogen) atoms. The van der Waals surface area contributed by atoms with E-state index in [0.717, 1.165) is 31.8 Å². The average Bonchev–Trinajstić information content (AvgIpc) is 3.13. The van der Waals surface area contributed by atoms with Gasteiger partial charge in [-0.15, -0.1) is 6.58 Å². The van der Waals surface area contributed by atoms with E-state index in [4.69, 9.17) is 18.6 Å². The lowest BCUT2D eigenvalue weighted by molar-refractivity contribution is -0.0475. The Morgan fingerprint density at radius 2 is 2.14 bits per heavy atom. The van der Waals surface area contributed by atoms with Gasteiger partial charge in [-0.3, -0.25) is 0 Å². The van der Waals surface area contributed by atoms with E-state index in [9.17, 15) is 0 Å². The van der Waals surface area contributed by atoms with E-state index in [1.165, 1.54) is 0 Å². The second-order valence-electron chi connectivity index (χ2n) is 4.72. The molecule has 0 aromatic carbocycles. The molecule has 0 fully saturated rings. The van der Waals surface area contributed by atoms with Crippen LogP contribution in [0.15, 0.2) is 47.8 Å². The number of hydrogen-bond donors (Lipinski definition) is 0. The van der Waals surface area contributed by atoms with E-state index < -0.39 is 0 Å². The number of hydrogen-bond acceptors (Lipinski definition) is 4. The van der Waals surface area contributed by atoms with E-state index in [1.807, 2.05) is 38.1 Å².